The summed E-state index contributed by atoms with van der Waals surface area (Å²) in [7, 11) is 3.49. The number of carbonyl (C=O) groups is 1. The van der Waals surface area contributed by atoms with Gasteiger partial charge in [0.05, 0.1) is 5.69 Å². The number of aryl methyl sites for hydroxylation is 1. The number of hydrogen-bond donors (Lipinski definition) is 0. The first-order valence-corrected chi connectivity index (χ1v) is 8.00. The van der Waals surface area contributed by atoms with Crippen molar-refractivity contribution >= 4 is 5.91 Å². The second-order valence-electron chi connectivity index (χ2n) is 5.84. The molecule has 0 radical (unpaired) electrons. The zero-order valence-electron chi connectivity index (χ0n) is 14.2. The summed E-state index contributed by atoms with van der Waals surface area (Å²) in [6.45, 7) is 0.562. The molecule has 0 atom stereocenters. The van der Waals surface area contributed by atoms with E-state index in [9.17, 15) is 9.18 Å². The van der Waals surface area contributed by atoms with E-state index in [0.29, 0.717) is 24.4 Å². The van der Waals surface area contributed by atoms with Gasteiger partial charge in [0.15, 0.2) is 0 Å². The summed E-state index contributed by atoms with van der Waals surface area (Å²) in [6.07, 6.45) is 2.43. The lowest BCUT2D eigenvalue weighted by Crippen LogP contribution is -2.30. The first kappa shape index (κ1) is 16.8. The van der Waals surface area contributed by atoms with Gasteiger partial charge >= 0.3 is 0 Å². The van der Waals surface area contributed by atoms with Crippen LogP contribution in [-0.4, -0.2) is 39.2 Å². The van der Waals surface area contributed by atoms with Crippen LogP contribution in [0.3, 0.4) is 0 Å². The average Bonchev–Trinajstić information content (AvgIpc) is 3.02. The summed E-state index contributed by atoms with van der Waals surface area (Å²) in [5.74, 6) is -0.412. The van der Waals surface area contributed by atoms with E-state index in [2.05, 4.69) is 10.1 Å². The fourth-order valence-corrected chi connectivity index (χ4v) is 2.55. The van der Waals surface area contributed by atoms with Crippen LogP contribution in [0.5, 0.6) is 0 Å². The molecule has 0 aliphatic carbocycles. The fourth-order valence-electron chi connectivity index (χ4n) is 2.55. The maximum atomic E-state index is 13.1. The van der Waals surface area contributed by atoms with Gasteiger partial charge in [0, 0.05) is 44.5 Å². The largest absolute Gasteiger partial charge is 0.340 e. The van der Waals surface area contributed by atoms with Gasteiger partial charge in [-0.05, 0) is 42.5 Å². The van der Waals surface area contributed by atoms with Crippen LogP contribution in [0.2, 0.25) is 0 Å². The third kappa shape index (κ3) is 3.91. The molecular weight excluding hydrogens is 319 g/mol. The topological polar surface area (TPSA) is 51.0 Å². The molecule has 0 spiro atoms. The lowest BCUT2D eigenvalue weighted by atomic mass is 10.1. The summed E-state index contributed by atoms with van der Waals surface area (Å²) < 4.78 is 14.6. The Morgan fingerprint density at radius 2 is 1.96 bits per heavy atom. The Balaban J connectivity index is 1.72. The molecule has 0 N–H and O–H groups in total. The van der Waals surface area contributed by atoms with Crippen LogP contribution in [0.25, 0.3) is 11.3 Å². The van der Waals surface area contributed by atoms with Gasteiger partial charge in [-0.15, -0.1) is 0 Å². The number of rotatable bonds is 5. The van der Waals surface area contributed by atoms with Crippen molar-refractivity contribution in [1.29, 1.82) is 0 Å². The van der Waals surface area contributed by atoms with E-state index in [4.69, 9.17) is 0 Å². The van der Waals surface area contributed by atoms with Crippen molar-refractivity contribution in [3.05, 3.63) is 71.9 Å². The summed E-state index contributed by atoms with van der Waals surface area (Å²) in [6, 6.07) is 13.5. The Labute approximate surface area is 145 Å². The second kappa shape index (κ2) is 7.25. The highest BCUT2D eigenvalue weighted by Crippen LogP contribution is 2.20. The van der Waals surface area contributed by atoms with Gasteiger partial charge in [-0.25, -0.2) is 4.39 Å². The lowest BCUT2D eigenvalue weighted by molar-refractivity contribution is 0.0785. The molecule has 1 amide bonds. The number of nitrogens with zero attached hydrogens (tertiary/aromatic N) is 4. The predicted molar refractivity (Wildman–Crippen MR) is 93.5 cm³/mol. The Kier molecular flexibility index (Phi) is 4.88. The average molecular weight is 338 g/mol. The molecule has 0 unspecified atom stereocenters. The molecule has 25 heavy (non-hydrogen) atoms. The molecule has 0 aliphatic rings. The number of benzene rings is 1. The lowest BCUT2D eigenvalue weighted by Gasteiger charge is -2.16. The van der Waals surface area contributed by atoms with E-state index in [0.717, 1.165) is 11.3 Å². The quantitative estimate of drug-likeness (QED) is 0.719. The number of amides is 1. The van der Waals surface area contributed by atoms with E-state index in [-0.39, 0.29) is 11.7 Å². The maximum absolute atomic E-state index is 13.1. The first-order valence-electron chi connectivity index (χ1n) is 8.00. The van der Waals surface area contributed by atoms with Gasteiger partial charge in [-0.2, -0.15) is 5.10 Å². The molecule has 0 saturated heterocycles. The molecular formula is C19H19FN4O. The van der Waals surface area contributed by atoms with Gasteiger partial charge < -0.3 is 4.90 Å². The molecule has 6 heteroatoms. The standard InChI is InChI=1S/C19H19FN4O/c1-23(12-10-16-5-3-4-11-21-16)19(25)18-13-17(22-24(18)2)14-6-8-15(20)9-7-14/h3-9,11,13H,10,12H2,1-2H3. The highest BCUT2D eigenvalue weighted by Gasteiger charge is 2.18. The second-order valence-corrected chi connectivity index (χ2v) is 5.84. The number of aromatic nitrogens is 3. The van der Waals surface area contributed by atoms with Crippen molar-refractivity contribution in [2.24, 2.45) is 7.05 Å². The zero-order valence-corrected chi connectivity index (χ0v) is 14.2. The van der Waals surface area contributed by atoms with E-state index in [1.54, 1.807) is 48.1 Å². The Morgan fingerprint density at radius 3 is 2.64 bits per heavy atom. The molecule has 0 bridgehead atoms. The van der Waals surface area contributed by atoms with Crippen LogP contribution < -0.4 is 0 Å². The summed E-state index contributed by atoms with van der Waals surface area (Å²) in [5.41, 5.74) is 2.85. The van der Waals surface area contributed by atoms with Crippen LogP contribution in [0.15, 0.2) is 54.7 Å². The van der Waals surface area contributed by atoms with Crippen LogP contribution in [0.1, 0.15) is 16.2 Å². The molecule has 128 valence electrons. The van der Waals surface area contributed by atoms with E-state index < -0.39 is 0 Å². The summed E-state index contributed by atoms with van der Waals surface area (Å²) >= 11 is 0. The van der Waals surface area contributed by atoms with Gasteiger partial charge in [0.25, 0.3) is 5.91 Å². The highest BCUT2D eigenvalue weighted by molar-refractivity contribution is 5.93. The number of likely N-dealkylation sites (N-methyl/N-ethyl adjacent to an activating group) is 1. The molecule has 0 fully saturated rings. The smallest absolute Gasteiger partial charge is 0.271 e. The molecule has 0 aliphatic heterocycles. The molecule has 2 heterocycles. The van der Waals surface area contributed by atoms with Crippen molar-refractivity contribution < 1.29 is 9.18 Å². The van der Waals surface area contributed by atoms with Crippen LogP contribution in [-0.2, 0) is 13.5 Å². The molecule has 1 aromatic carbocycles. The minimum absolute atomic E-state index is 0.112. The third-order valence-electron chi connectivity index (χ3n) is 4.02. The van der Waals surface area contributed by atoms with Gasteiger partial charge in [0.2, 0.25) is 0 Å². The van der Waals surface area contributed by atoms with Gasteiger partial charge in [-0.1, -0.05) is 6.07 Å². The maximum Gasteiger partial charge on any atom is 0.271 e. The molecule has 3 rings (SSSR count). The summed E-state index contributed by atoms with van der Waals surface area (Å²) in [5, 5.41) is 4.37. The summed E-state index contributed by atoms with van der Waals surface area (Å²) in [4.78, 5) is 18.6. The van der Waals surface area contributed by atoms with Crippen molar-refractivity contribution in [3.63, 3.8) is 0 Å². The van der Waals surface area contributed by atoms with E-state index >= 15 is 0 Å². The van der Waals surface area contributed by atoms with Crippen LogP contribution in [0.4, 0.5) is 4.39 Å². The number of carbonyl (C=O) groups excluding carboxylic acids is 1. The Bertz CT molecular complexity index is 859. The number of pyridine rings is 1. The Morgan fingerprint density at radius 1 is 1.20 bits per heavy atom. The third-order valence-corrected chi connectivity index (χ3v) is 4.02. The minimum atomic E-state index is -0.301. The van der Waals surface area contributed by atoms with Gasteiger partial charge in [-0.3, -0.25) is 14.5 Å². The van der Waals surface area contributed by atoms with Gasteiger partial charge in [0.1, 0.15) is 11.5 Å². The number of halogens is 1. The van der Waals surface area contributed by atoms with Crippen LogP contribution >= 0.6 is 0 Å². The molecule has 2 aromatic heterocycles. The zero-order chi connectivity index (χ0) is 17.8. The molecule has 5 nitrogen and oxygen atoms in total. The normalized spacial score (nSPS) is 10.7. The van der Waals surface area contributed by atoms with Crippen molar-refractivity contribution in [2.45, 2.75) is 6.42 Å². The number of hydrogen-bond acceptors (Lipinski definition) is 3. The highest BCUT2D eigenvalue weighted by atomic mass is 19.1. The van der Waals surface area contributed by atoms with Crippen molar-refractivity contribution in [3.8, 4) is 11.3 Å². The molecule has 0 saturated carbocycles. The van der Waals surface area contributed by atoms with Crippen molar-refractivity contribution in [2.75, 3.05) is 13.6 Å². The first-order chi connectivity index (χ1) is 12.0. The fraction of sp³-hybridized carbons (Fsp3) is 0.211. The molecule has 3 aromatic rings. The van der Waals surface area contributed by atoms with Crippen molar-refractivity contribution in [1.82, 2.24) is 19.7 Å². The Hall–Kier alpha value is -3.02. The van der Waals surface area contributed by atoms with E-state index in [1.807, 2.05) is 18.2 Å². The monoisotopic (exact) mass is 338 g/mol. The SMILES string of the molecule is CN(CCc1ccccn1)C(=O)c1cc(-c2ccc(F)cc2)nn1C. The van der Waals surface area contributed by atoms with E-state index in [1.165, 1.54) is 12.1 Å². The predicted octanol–water partition coefficient (Wildman–Crippen LogP) is 2.94. The minimum Gasteiger partial charge on any atom is -0.340 e. The van der Waals surface area contributed by atoms with Crippen LogP contribution in [0, 0.1) is 5.82 Å².